The summed E-state index contributed by atoms with van der Waals surface area (Å²) in [6, 6.07) is 0. The van der Waals surface area contributed by atoms with Gasteiger partial charge >= 0.3 is 5.97 Å². The van der Waals surface area contributed by atoms with E-state index < -0.39 is 0 Å². The normalized spacial score (nSPS) is 25.1. The molecule has 0 heterocycles. The molecule has 0 aromatic rings. The van der Waals surface area contributed by atoms with Crippen LogP contribution in [0.2, 0.25) is 0 Å². The van der Waals surface area contributed by atoms with E-state index in [0.717, 1.165) is 12.0 Å². The Morgan fingerprint density at radius 3 is 2.70 bits per heavy atom. The van der Waals surface area contributed by atoms with E-state index in [9.17, 15) is 4.79 Å². The maximum Gasteiger partial charge on any atom is 0.330 e. The largest absolute Gasteiger partial charge is 0.466 e. The van der Waals surface area contributed by atoms with Gasteiger partial charge in [0.2, 0.25) is 0 Å². The Bertz CT molecular complexity index is 573. The molecule has 2 aliphatic carbocycles. The van der Waals surface area contributed by atoms with Gasteiger partial charge in [-0.1, -0.05) is 37.5 Å². The van der Waals surface area contributed by atoms with Crippen LogP contribution in [0.25, 0.3) is 0 Å². The highest BCUT2D eigenvalue weighted by atomic mass is 16.5. The van der Waals surface area contributed by atoms with Gasteiger partial charge in [0.15, 0.2) is 0 Å². The zero-order chi connectivity index (χ0) is 17.2. The van der Waals surface area contributed by atoms with Crippen LogP contribution in [-0.4, -0.2) is 13.1 Å². The molecule has 0 aliphatic heterocycles. The molecule has 0 unspecified atom stereocenters. The van der Waals surface area contributed by atoms with Crippen LogP contribution in [0.5, 0.6) is 0 Å². The minimum absolute atomic E-state index is 0.249. The monoisotopic (exact) mass is 316 g/mol. The summed E-state index contributed by atoms with van der Waals surface area (Å²) in [6.45, 7) is 11.5. The van der Waals surface area contributed by atoms with Crippen LogP contribution in [0.1, 0.15) is 73.1 Å². The molecule has 2 nitrogen and oxygen atoms in total. The molecule has 0 bridgehead atoms. The first kappa shape index (κ1) is 18.0. The van der Waals surface area contributed by atoms with Crippen molar-refractivity contribution in [3.63, 3.8) is 0 Å². The first-order valence-corrected chi connectivity index (χ1v) is 8.94. The molecule has 2 heteroatoms. The molecule has 0 radical (unpaired) electrons. The van der Waals surface area contributed by atoms with Gasteiger partial charge in [-0.25, -0.2) is 4.79 Å². The van der Waals surface area contributed by atoms with Crippen LogP contribution in [0.4, 0.5) is 0 Å². The van der Waals surface area contributed by atoms with E-state index in [-0.39, 0.29) is 5.97 Å². The van der Waals surface area contributed by atoms with Crippen molar-refractivity contribution in [1.29, 1.82) is 0 Å². The van der Waals surface area contributed by atoms with Gasteiger partial charge in [0.05, 0.1) is 7.11 Å². The fraction of sp³-hybridized carbons (Fsp3) is 0.667. The van der Waals surface area contributed by atoms with Gasteiger partial charge in [-0.05, 0) is 74.9 Å². The van der Waals surface area contributed by atoms with Crippen molar-refractivity contribution in [2.24, 2.45) is 11.3 Å². The molecule has 0 aromatic carbocycles. The zero-order valence-electron chi connectivity index (χ0n) is 15.7. The van der Waals surface area contributed by atoms with Crippen molar-refractivity contribution in [1.82, 2.24) is 0 Å². The molecule has 0 spiro atoms. The van der Waals surface area contributed by atoms with Crippen molar-refractivity contribution in [3.05, 3.63) is 33.9 Å². The Kier molecular flexibility index (Phi) is 5.54. The molecule has 0 saturated carbocycles. The van der Waals surface area contributed by atoms with Crippen molar-refractivity contribution in [2.75, 3.05) is 7.11 Å². The molecule has 0 saturated heterocycles. The summed E-state index contributed by atoms with van der Waals surface area (Å²) in [5.74, 6) is 0.373. The van der Waals surface area contributed by atoms with Gasteiger partial charge in [-0.3, -0.25) is 0 Å². The predicted molar refractivity (Wildman–Crippen MR) is 96.1 cm³/mol. The third-order valence-electron chi connectivity index (χ3n) is 5.84. The van der Waals surface area contributed by atoms with Gasteiger partial charge in [-0.15, -0.1) is 0 Å². The molecule has 1 atom stereocenters. The molecule has 2 rings (SSSR count). The number of carbonyl (C=O) groups excluding carboxylic acids is 1. The second-order valence-corrected chi connectivity index (χ2v) is 7.99. The molecule has 2 aliphatic rings. The Morgan fingerprint density at radius 1 is 1.35 bits per heavy atom. The van der Waals surface area contributed by atoms with Gasteiger partial charge in [0.25, 0.3) is 0 Å². The number of hydrogen-bond donors (Lipinski definition) is 0. The molecule has 0 fully saturated rings. The van der Waals surface area contributed by atoms with E-state index in [2.05, 4.69) is 27.7 Å². The minimum atomic E-state index is -0.249. The molecular formula is C21H32O2. The number of esters is 1. The van der Waals surface area contributed by atoms with Gasteiger partial charge in [0, 0.05) is 6.08 Å². The van der Waals surface area contributed by atoms with E-state index in [0.29, 0.717) is 11.3 Å². The number of rotatable bonds is 3. The smallest absolute Gasteiger partial charge is 0.330 e. The van der Waals surface area contributed by atoms with Crippen LogP contribution in [0, 0.1) is 11.3 Å². The first-order valence-electron chi connectivity index (χ1n) is 8.94. The summed E-state index contributed by atoms with van der Waals surface area (Å²) in [4.78, 5) is 11.5. The highest BCUT2D eigenvalue weighted by molar-refractivity contribution is 5.82. The predicted octanol–water partition coefficient (Wildman–Crippen LogP) is 5.75. The number of ether oxygens (including phenoxy) is 1. The summed E-state index contributed by atoms with van der Waals surface area (Å²) < 4.78 is 4.78. The molecule has 23 heavy (non-hydrogen) atoms. The second-order valence-electron chi connectivity index (χ2n) is 7.99. The molecule has 0 aromatic heterocycles. The number of methoxy groups -OCH3 is 1. The number of carbonyl (C=O) groups is 1. The van der Waals surface area contributed by atoms with Crippen LogP contribution >= 0.6 is 0 Å². The Labute approximate surface area is 141 Å². The van der Waals surface area contributed by atoms with E-state index in [4.69, 9.17) is 4.74 Å². The molecular weight excluding hydrogens is 284 g/mol. The third-order valence-corrected chi connectivity index (χ3v) is 5.84. The SMILES string of the molecule is COC(=O)C=C(C)CC1=C(C)[C@H](C)CCC2=C1CCCC2(C)C. The lowest BCUT2D eigenvalue weighted by Crippen LogP contribution is -2.21. The lowest BCUT2D eigenvalue weighted by molar-refractivity contribution is -0.134. The number of hydrogen-bond acceptors (Lipinski definition) is 2. The lowest BCUT2D eigenvalue weighted by Gasteiger charge is -2.36. The maximum absolute atomic E-state index is 11.5. The van der Waals surface area contributed by atoms with Crippen molar-refractivity contribution in [2.45, 2.75) is 73.1 Å². The van der Waals surface area contributed by atoms with E-state index in [1.54, 1.807) is 17.2 Å². The number of allylic oxidation sites excluding steroid dienone is 5. The quantitative estimate of drug-likeness (QED) is 0.489. The van der Waals surface area contributed by atoms with Crippen molar-refractivity contribution >= 4 is 5.97 Å². The van der Waals surface area contributed by atoms with E-state index in [1.807, 2.05) is 6.92 Å². The zero-order valence-corrected chi connectivity index (χ0v) is 15.7. The van der Waals surface area contributed by atoms with Crippen molar-refractivity contribution < 1.29 is 9.53 Å². The summed E-state index contributed by atoms with van der Waals surface area (Å²) in [5, 5.41) is 0. The average Bonchev–Trinajstić information content (AvgIpc) is 2.60. The topological polar surface area (TPSA) is 26.3 Å². The van der Waals surface area contributed by atoms with Crippen LogP contribution in [0.3, 0.4) is 0 Å². The standard InChI is InChI=1S/C21H32O2/c1-14(13-20(22)23-6)12-18-16(3)15(2)9-10-19-17(18)8-7-11-21(19,4)5/h13,15H,7-12H2,1-6H3/t15-/m1/s1. The maximum atomic E-state index is 11.5. The van der Waals surface area contributed by atoms with Crippen molar-refractivity contribution in [3.8, 4) is 0 Å². The third kappa shape index (κ3) is 3.97. The Balaban J connectivity index is 2.44. The van der Waals surface area contributed by atoms with Crippen LogP contribution in [-0.2, 0) is 9.53 Å². The summed E-state index contributed by atoms with van der Waals surface area (Å²) >= 11 is 0. The molecule has 0 amide bonds. The minimum Gasteiger partial charge on any atom is -0.466 e. The summed E-state index contributed by atoms with van der Waals surface area (Å²) in [5.41, 5.74) is 7.70. The first-order chi connectivity index (χ1) is 10.8. The fourth-order valence-corrected chi connectivity index (χ4v) is 4.19. The van der Waals surface area contributed by atoms with Crippen LogP contribution in [0.15, 0.2) is 33.9 Å². The Hall–Kier alpha value is -1.31. The average molecular weight is 316 g/mol. The molecule has 0 N–H and O–H groups in total. The Morgan fingerprint density at radius 2 is 2.04 bits per heavy atom. The highest BCUT2D eigenvalue weighted by Gasteiger charge is 2.33. The highest BCUT2D eigenvalue weighted by Crippen LogP contribution is 2.49. The van der Waals surface area contributed by atoms with E-state index in [1.165, 1.54) is 50.4 Å². The summed E-state index contributed by atoms with van der Waals surface area (Å²) in [6.07, 6.45) is 8.76. The lowest BCUT2D eigenvalue weighted by atomic mass is 9.69. The van der Waals surface area contributed by atoms with Gasteiger partial charge in [-0.2, -0.15) is 0 Å². The van der Waals surface area contributed by atoms with Gasteiger partial charge in [0.1, 0.15) is 0 Å². The van der Waals surface area contributed by atoms with E-state index >= 15 is 0 Å². The summed E-state index contributed by atoms with van der Waals surface area (Å²) in [7, 11) is 1.44. The second kappa shape index (κ2) is 7.07. The van der Waals surface area contributed by atoms with Crippen LogP contribution < -0.4 is 0 Å². The van der Waals surface area contributed by atoms with Gasteiger partial charge < -0.3 is 4.74 Å². The fourth-order valence-electron chi connectivity index (χ4n) is 4.19. The molecule has 128 valence electrons.